The summed E-state index contributed by atoms with van der Waals surface area (Å²) in [6.07, 6.45) is 1.36. The number of nitrogens with one attached hydrogen (secondary N) is 2. The molecule has 6 nitrogen and oxygen atoms in total. The number of benzene rings is 2. The molecule has 6 heteroatoms. The van der Waals surface area contributed by atoms with E-state index in [-0.39, 0.29) is 17.7 Å². The zero-order valence-corrected chi connectivity index (χ0v) is 16.3. The molecule has 0 saturated heterocycles. The molecule has 0 radical (unpaired) electrons. The maximum atomic E-state index is 12.4. The third-order valence-corrected chi connectivity index (χ3v) is 4.73. The van der Waals surface area contributed by atoms with Crippen LogP contribution in [0.3, 0.4) is 0 Å². The minimum absolute atomic E-state index is 0.0177. The first-order valence-corrected chi connectivity index (χ1v) is 9.47. The first-order valence-electron chi connectivity index (χ1n) is 9.47. The third-order valence-electron chi connectivity index (χ3n) is 4.73. The molecule has 1 aliphatic rings. The molecule has 1 aliphatic heterocycles. The fraction of sp³-hybridized carbons (Fsp3) is 0.364. The minimum atomic E-state index is -0.238. The standard InChI is InChI=1S/C22H26N2O4/c1-15-4-6-16(7-5-15)22(26)24-19-8-9-20-17(13-19)12-18(14-28-20)21(25)23-10-3-11-27-2/h4-9,13,18H,3,10-12,14H2,1-2H3,(H,23,25)(H,24,26)/t18-/m0/s1. The molecule has 3 rings (SSSR count). The molecule has 2 N–H and O–H groups in total. The fourth-order valence-electron chi connectivity index (χ4n) is 3.12. The van der Waals surface area contributed by atoms with Crippen molar-refractivity contribution in [2.24, 2.45) is 5.92 Å². The molecule has 2 aromatic rings. The van der Waals surface area contributed by atoms with E-state index < -0.39 is 0 Å². The highest BCUT2D eigenvalue weighted by atomic mass is 16.5. The predicted octanol–water partition coefficient (Wildman–Crippen LogP) is 2.95. The van der Waals surface area contributed by atoms with Crippen molar-refractivity contribution in [3.05, 3.63) is 59.2 Å². The van der Waals surface area contributed by atoms with Crippen LogP contribution < -0.4 is 15.4 Å². The van der Waals surface area contributed by atoms with Crippen LogP contribution in [0.1, 0.15) is 27.9 Å². The van der Waals surface area contributed by atoms with Gasteiger partial charge in [-0.05, 0) is 55.7 Å². The highest BCUT2D eigenvalue weighted by Gasteiger charge is 2.26. The summed E-state index contributed by atoms with van der Waals surface area (Å²) in [6, 6.07) is 13.0. The Morgan fingerprint density at radius 2 is 1.96 bits per heavy atom. The van der Waals surface area contributed by atoms with Gasteiger partial charge in [-0.3, -0.25) is 9.59 Å². The van der Waals surface area contributed by atoms with Crippen LogP contribution in [0.4, 0.5) is 5.69 Å². The van der Waals surface area contributed by atoms with Gasteiger partial charge in [0.2, 0.25) is 5.91 Å². The highest BCUT2D eigenvalue weighted by molar-refractivity contribution is 6.04. The number of aryl methyl sites for hydroxylation is 1. The number of carbonyl (C=O) groups is 2. The van der Waals surface area contributed by atoms with Crippen LogP contribution in [0.5, 0.6) is 5.75 Å². The van der Waals surface area contributed by atoms with E-state index in [2.05, 4.69) is 10.6 Å². The van der Waals surface area contributed by atoms with Crippen molar-refractivity contribution in [2.75, 3.05) is 32.2 Å². The molecule has 0 unspecified atom stereocenters. The van der Waals surface area contributed by atoms with Crippen molar-refractivity contribution in [1.29, 1.82) is 0 Å². The minimum Gasteiger partial charge on any atom is -0.492 e. The number of fused-ring (bicyclic) bond motifs is 1. The quantitative estimate of drug-likeness (QED) is 0.722. The second kappa shape index (κ2) is 9.37. The molecule has 0 spiro atoms. The van der Waals surface area contributed by atoms with Gasteiger partial charge in [0.15, 0.2) is 0 Å². The number of ether oxygens (including phenoxy) is 2. The Hall–Kier alpha value is -2.86. The van der Waals surface area contributed by atoms with Crippen molar-refractivity contribution < 1.29 is 19.1 Å². The van der Waals surface area contributed by atoms with E-state index in [1.54, 1.807) is 19.2 Å². The summed E-state index contributed by atoms with van der Waals surface area (Å²) >= 11 is 0. The predicted molar refractivity (Wildman–Crippen MR) is 108 cm³/mol. The molecule has 0 fully saturated rings. The maximum Gasteiger partial charge on any atom is 0.255 e. The lowest BCUT2D eigenvalue weighted by molar-refractivity contribution is -0.126. The summed E-state index contributed by atoms with van der Waals surface area (Å²) in [5, 5.41) is 5.83. The SMILES string of the molecule is COCCCNC(=O)[C@@H]1COc2ccc(NC(=O)c3ccc(C)cc3)cc2C1. The highest BCUT2D eigenvalue weighted by Crippen LogP contribution is 2.30. The lowest BCUT2D eigenvalue weighted by atomic mass is 9.95. The number of hydrogen-bond acceptors (Lipinski definition) is 4. The van der Waals surface area contributed by atoms with Crippen molar-refractivity contribution >= 4 is 17.5 Å². The van der Waals surface area contributed by atoms with Gasteiger partial charge in [0.25, 0.3) is 5.91 Å². The van der Waals surface area contributed by atoms with Gasteiger partial charge in [-0.25, -0.2) is 0 Å². The molecule has 28 heavy (non-hydrogen) atoms. The molecule has 0 saturated carbocycles. The van der Waals surface area contributed by atoms with Crippen LogP contribution in [0.15, 0.2) is 42.5 Å². The smallest absolute Gasteiger partial charge is 0.255 e. The summed E-state index contributed by atoms with van der Waals surface area (Å²) in [4.78, 5) is 24.8. The van der Waals surface area contributed by atoms with Gasteiger partial charge in [-0.2, -0.15) is 0 Å². The molecule has 148 valence electrons. The van der Waals surface area contributed by atoms with Gasteiger partial charge in [0.05, 0.1) is 5.92 Å². The molecule has 1 atom stereocenters. The Bertz CT molecular complexity index is 833. The molecular formula is C22H26N2O4. The fourth-order valence-corrected chi connectivity index (χ4v) is 3.12. The zero-order chi connectivity index (χ0) is 19.9. The molecule has 1 heterocycles. The van der Waals surface area contributed by atoms with E-state index in [1.807, 2.05) is 37.3 Å². The molecule has 0 bridgehead atoms. The number of methoxy groups -OCH3 is 1. The van der Waals surface area contributed by atoms with Crippen LogP contribution >= 0.6 is 0 Å². The number of anilines is 1. The van der Waals surface area contributed by atoms with E-state index in [4.69, 9.17) is 9.47 Å². The second-order valence-electron chi connectivity index (χ2n) is 6.99. The topological polar surface area (TPSA) is 76.7 Å². The Balaban J connectivity index is 1.62. The van der Waals surface area contributed by atoms with Gasteiger partial charge < -0.3 is 20.1 Å². The largest absolute Gasteiger partial charge is 0.492 e. The van der Waals surface area contributed by atoms with Crippen molar-refractivity contribution in [3.63, 3.8) is 0 Å². The molecule has 2 amide bonds. The van der Waals surface area contributed by atoms with E-state index in [1.165, 1.54) is 0 Å². The van der Waals surface area contributed by atoms with Crippen molar-refractivity contribution in [1.82, 2.24) is 5.32 Å². The molecule has 0 aromatic heterocycles. The van der Waals surface area contributed by atoms with Crippen LogP contribution in [0, 0.1) is 12.8 Å². The first kappa shape index (κ1) is 19.9. The van der Waals surface area contributed by atoms with Crippen LogP contribution in [-0.4, -0.2) is 38.7 Å². The van der Waals surface area contributed by atoms with Gasteiger partial charge >= 0.3 is 0 Å². The first-order chi connectivity index (χ1) is 13.6. The third kappa shape index (κ3) is 5.10. The summed E-state index contributed by atoms with van der Waals surface area (Å²) in [6.45, 7) is 3.55. The summed E-state index contributed by atoms with van der Waals surface area (Å²) in [5.41, 5.74) is 3.32. The molecule has 0 aliphatic carbocycles. The van der Waals surface area contributed by atoms with E-state index in [0.29, 0.717) is 37.4 Å². The van der Waals surface area contributed by atoms with Gasteiger partial charge in [0, 0.05) is 31.5 Å². The lowest BCUT2D eigenvalue weighted by Crippen LogP contribution is -2.38. The summed E-state index contributed by atoms with van der Waals surface area (Å²) < 4.78 is 10.7. The van der Waals surface area contributed by atoms with E-state index in [0.717, 1.165) is 23.3 Å². The monoisotopic (exact) mass is 382 g/mol. The lowest BCUT2D eigenvalue weighted by Gasteiger charge is -2.25. The number of hydrogen-bond donors (Lipinski definition) is 2. The average molecular weight is 382 g/mol. The van der Waals surface area contributed by atoms with Crippen molar-refractivity contribution in [3.8, 4) is 5.75 Å². The van der Waals surface area contributed by atoms with Gasteiger partial charge in [-0.1, -0.05) is 17.7 Å². The second-order valence-corrected chi connectivity index (χ2v) is 6.99. The van der Waals surface area contributed by atoms with Crippen LogP contribution in [-0.2, 0) is 16.0 Å². The van der Waals surface area contributed by atoms with Crippen molar-refractivity contribution in [2.45, 2.75) is 19.8 Å². The van der Waals surface area contributed by atoms with Gasteiger partial charge in [0.1, 0.15) is 12.4 Å². The summed E-state index contributed by atoms with van der Waals surface area (Å²) in [5.74, 6) is 0.342. The molecule has 2 aromatic carbocycles. The zero-order valence-electron chi connectivity index (χ0n) is 16.3. The molecular weight excluding hydrogens is 356 g/mol. The van der Waals surface area contributed by atoms with E-state index in [9.17, 15) is 9.59 Å². The summed E-state index contributed by atoms with van der Waals surface area (Å²) in [7, 11) is 1.64. The van der Waals surface area contributed by atoms with Crippen LogP contribution in [0.2, 0.25) is 0 Å². The normalized spacial score (nSPS) is 15.3. The average Bonchev–Trinajstić information content (AvgIpc) is 2.71. The number of carbonyl (C=O) groups excluding carboxylic acids is 2. The Morgan fingerprint density at radius 1 is 1.18 bits per heavy atom. The number of amides is 2. The van der Waals surface area contributed by atoms with Gasteiger partial charge in [-0.15, -0.1) is 0 Å². The number of rotatable bonds is 7. The van der Waals surface area contributed by atoms with E-state index >= 15 is 0 Å². The Morgan fingerprint density at radius 3 is 2.71 bits per heavy atom. The Labute approximate surface area is 165 Å². The maximum absolute atomic E-state index is 12.4. The van der Waals surface area contributed by atoms with Crippen LogP contribution in [0.25, 0.3) is 0 Å². The Kier molecular flexibility index (Phi) is 6.66.